The van der Waals surface area contributed by atoms with Crippen LogP contribution >= 0.6 is 11.6 Å². The van der Waals surface area contributed by atoms with Crippen LogP contribution in [-0.2, 0) is 6.18 Å². The molecular formula is C20H23ClF3N3O2. The van der Waals surface area contributed by atoms with Crippen LogP contribution in [0.15, 0.2) is 24.3 Å². The Balaban J connectivity index is 1.76. The summed E-state index contributed by atoms with van der Waals surface area (Å²) < 4.78 is 38.3. The number of carbonyl (C=O) groups is 1. The summed E-state index contributed by atoms with van der Waals surface area (Å²) >= 11 is 6.13. The van der Waals surface area contributed by atoms with Crippen LogP contribution in [0, 0.1) is 5.41 Å². The van der Waals surface area contributed by atoms with E-state index in [1.165, 1.54) is 18.2 Å². The van der Waals surface area contributed by atoms with Gasteiger partial charge in [-0.1, -0.05) is 31.5 Å². The van der Waals surface area contributed by atoms with Crippen LogP contribution in [0.5, 0.6) is 0 Å². The lowest BCUT2D eigenvalue weighted by Crippen LogP contribution is -2.48. The highest BCUT2D eigenvalue weighted by molar-refractivity contribution is 6.34. The van der Waals surface area contributed by atoms with Crippen LogP contribution in [0.2, 0.25) is 5.02 Å². The van der Waals surface area contributed by atoms with Crippen molar-refractivity contribution in [2.24, 2.45) is 5.41 Å². The summed E-state index contributed by atoms with van der Waals surface area (Å²) in [6, 6.07) is 5.19. The Morgan fingerprint density at radius 1 is 1.31 bits per heavy atom. The number of alkyl halides is 3. The van der Waals surface area contributed by atoms with Gasteiger partial charge in [0, 0.05) is 12.1 Å². The molecule has 1 amide bonds. The van der Waals surface area contributed by atoms with Gasteiger partial charge < -0.3 is 10.4 Å². The maximum absolute atomic E-state index is 12.8. The highest BCUT2D eigenvalue weighted by Gasteiger charge is 2.38. The molecule has 9 heteroatoms. The molecule has 158 valence electrons. The summed E-state index contributed by atoms with van der Waals surface area (Å²) in [4.78, 5) is 12.6. The van der Waals surface area contributed by atoms with Crippen molar-refractivity contribution < 1.29 is 23.1 Å². The number of carbonyl (C=O) groups excluding carboxylic acids is 1. The average Bonchev–Trinajstić information content (AvgIpc) is 3.09. The minimum atomic E-state index is -4.54. The number of hydrogen-bond donors (Lipinski definition) is 3. The molecule has 1 fully saturated rings. The van der Waals surface area contributed by atoms with Crippen molar-refractivity contribution in [3.63, 3.8) is 0 Å². The van der Waals surface area contributed by atoms with E-state index in [1.807, 2.05) is 5.10 Å². The van der Waals surface area contributed by atoms with Crippen molar-refractivity contribution in [2.45, 2.75) is 51.3 Å². The van der Waals surface area contributed by atoms with Crippen molar-refractivity contribution >= 4 is 17.5 Å². The van der Waals surface area contributed by atoms with E-state index in [2.05, 4.69) is 24.3 Å². The van der Waals surface area contributed by atoms with E-state index in [9.17, 15) is 23.1 Å². The minimum Gasteiger partial charge on any atom is -0.388 e. The van der Waals surface area contributed by atoms with E-state index >= 15 is 0 Å². The maximum atomic E-state index is 12.8. The zero-order valence-electron chi connectivity index (χ0n) is 16.2. The first kappa shape index (κ1) is 21.6. The molecule has 2 aromatic rings. The van der Waals surface area contributed by atoms with Gasteiger partial charge in [0.05, 0.1) is 21.9 Å². The lowest BCUT2D eigenvalue weighted by atomic mass is 9.70. The van der Waals surface area contributed by atoms with Crippen molar-refractivity contribution in [3.05, 3.63) is 40.5 Å². The molecule has 1 aromatic carbocycles. The second-order valence-corrected chi connectivity index (χ2v) is 8.87. The molecule has 0 spiro atoms. The number of amides is 1. The third-order valence-electron chi connectivity index (χ3n) is 5.27. The Hall–Kier alpha value is -2.06. The van der Waals surface area contributed by atoms with Crippen LogP contribution < -0.4 is 5.32 Å². The third-order valence-corrected chi connectivity index (χ3v) is 5.60. The summed E-state index contributed by atoms with van der Waals surface area (Å²) in [6.45, 7) is 4.24. The van der Waals surface area contributed by atoms with Crippen LogP contribution in [-0.4, -0.2) is 33.4 Å². The lowest BCUT2D eigenvalue weighted by molar-refractivity contribution is -0.141. The molecule has 29 heavy (non-hydrogen) atoms. The molecule has 5 nitrogen and oxygen atoms in total. The number of hydrogen-bond acceptors (Lipinski definition) is 3. The fourth-order valence-electron chi connectivity index (χ4n) is 3.93. The quantitative estimate of drug-likeness (QED) is 0.652. The molecule has 0 aliphatic heterocycles. The van der Waals surface area contributed by atoms with Crippen LogP contribution in [0.4, 0.5) is 13.2 Å². The van der Waals surface area contributed by atoms with E-state index < -0.39 is 23.4 Å². The fraction of sp³-hybridized carbons (Fsp3) is 0.500. The monoisotopic (exact) mass is 429 g/mol. The molecule has 3 rings (SSSR count). The third kappa shape index (κ3) is 5.11. The van der Waals surface area contributed by atoms with Crippen LogP contribution in [0.1, 0.15) is 55.6 Å². The first-order chi connectivity index (χ1) is 13.4. The second-order valence-electron chi connectivity index (χ2n) is 8.46. The van der Waals surface area contributed by atoms with Crippen LogP contribution in [0.3, 0.4) is 0 Å². The summed E-state index contributed by atoms with van der Waals surface area (Å²) in [5.41, 5.74) is -1.49. The molecule has 1 atom stereocenters. The number of halogens is 4. The molecule has 1 unspecified atom stereocenters. The van der Waals surface area contributed by atoms with Gasteiger partial charge >= 0.3 is 6.18 Å². The Kier molecular flexibility index (Phi) is 5.71. The topological polar surface area (TPSA) is 78.0 Å². The molecule has 1 aliphatic carbocycles. The Morgan fingerprint density at radius 3 is 2.66 bits per heavy atom. The summed E-state index contributed by atoms with van der Waals surface area (Å²) in [5, 5.41) is 19.3. The van der Waals surface area contributed by atoms with E-state index in [-0.39, 0.29) is 28.2 Å². The second kappa shape index (κ2) is 7.65. The largest absolute Gasteiger partial charge is 0.432 e. The molecule has 0 saturated heterocycles. The van der Waals surface area contributed by atoms with E-state index in [0.29, 0.717) is 18.4 Å². The van der Waals surface area contributed by atoms with Gasteiger partial charge in [0.25, 0.3) is 5.91 Å². The Bertz CT molecular complexity index is 911. The zero-order valence-corrected chi connectivity index (χ0v) is 16.9. The first-order valence-electron chi connectivity index (χ1n) is 9.32. The molecule has 3 N–H and O–H groups in total. The van der Waals surface area contributed by atoms with E-state index in [0.717, 1.165) is 18.9 Å². The van der Waals surface area contributed by atoms with Gasteiger partial charge in [-0.25, -0.2) is 0 Å². The smallest absolute Gasteiger partial charge is 0.388 e. The highest BCUT2D eigenvalue weighted by Crippen LogP contribution is 2.40. The summed E-state index contributed by atoms with van der Waals surface area (Å²) in [7, 11) is 0. The molecule has 1 heterocycles. The number of H-pyrrole nitrogens is 1. The number of benzene rings is 1. The lowest BCUT2D eigenvalue weighted by Gasteiger charge is -2.41. The number of aromatic nitrogens is 2. The van der Waals surface area contributed by atoms with Crippen LogP contribution in [0.25, 0.3) is 11.3 Å². The van der Waals surface area contributed by atoms with E-state index in [4.69, 9.17) is 11.6 Å². The SMILES string of the molecule is CC1(C)CCCC(O)(CNC(=O)c2cc(-c3cc(C(F)(F)F)[nH]n3)ccc2Cl)C1. The predicted octanol–water partition coefficient (Wildman–Crippen LogP) is 4.81. The minimum absolute atomic E-state index is 0.00850. The Labute approximate surface area is 171 Å². The number of nitrogens with one attached hydrogen (secondary N) is 2. The van der Waals surface area contributed by atoms with Gasteiger partial charge in [0.1, 0.15) is 5.69 Å². The van der Waals surface area contributed by atoms with Gasteiger partial charge in [-0.15, -0.1) is 0 Å². The maximum Gasteiger partial charge on any atom is 0.432 e. The molecule has 0 bridgehead atoms. The highest BCUT2D eigenvalue weighted by atomic mass is 35.5. The number of aliphatic hydroxyl groups is 1. The molecule has 0 radical (unpaired) electrons. The standard InChI is InChI=1S/C20H23ClF3N3O2/c1-18(2)6-3-7-19(29,10-18)11-25-17(28)13-8-12(4-5-14(13)21)15-9-16(27-26-15)20(22,23)24/h4-5,8-9,29H,3,6-7,10-11H2,1-2H3,(H,25,28)(H,26,27). The summed E-state index contributed by atoms with van der Waals surface area (Å²) in [5.74, 6) is -0.500. The molecule has 1 aromatic heterocycles. The molecule has 1 aliphatic rings. The van der Waals surface area contributed by atoms with E-state index in [1.54, 1.807) is 0 Å². The number of aromatic amines is 1. The van der Waals surface area contributed by atoms with Crippen molar-refractivity contribution in [3.8, 4) is 11.3 Å². The fourth-order valence-corrected chi connectivity index (χ4v) is 4.13. The number of nitrogens with zero attached hydrogens (tertiary/aromatic N) is 1. The zero-order chi connectivity index (χ0) is 21.4. The number of rotatable bonds is 4. The van der Waals surface area contributed by atoms with Gasteiger partial charge in [-0.05, 0) is 49.3 Å². The molecule has 1 saturated carbocycles. The predicted molar refractivity (Wildman–Crippen MR) is 104 cm³/mol. The van der Waals surface area contributed by atoms with Gasteiger partial charge in [-0.2, -0.15) is 18.3 Å². The van der Waals surface area contributed by atoms with Crippen molar-refractivity contribution in [1.29, 1.82) is 0 Å². The van der Waals surface area contributed by atoms with Crippen molar-refractivity contribution in [1.82, 2.24) is 15.5 Å². The van der Waals surface area contributed by atoms with Gasteiger partial charge in [0.15, 0.2) is 0 Å². The molecular weight excluding hydrogens is 407 g/mol. The Morgan fingerprint density at radius 2 is 2.03 bits per heavy atom. The van der Waals surface area contributed by atoms with Gasteiger partial charge in [0.2, 0.25) is 0 Å². The average molecular weight is 430 g/mol. The normalized spacial score (nSPS) is 21.8. The van der Waals surface area contributed by atoms with Gasteiger partial charge in [-0.3, -0.25) is 9.89 Å². The summed E-state index contributed by atoms with van der Waals surface area (Å²) in [6.07, 6.45) is -1.49. The van der Waals surface area contributed by atoms with Crippen molar-refractivity contribution in [2.75, 3.05) is 6.54 Å². The first-order valence-corrected chi connectivity index (χ1v) is 9.70.